The molecule has 0 spiro atoms. The van der Waals surface area contributed by atoms with E-state index < -0.39 is 5.54 Å². The molecule has 3 atom stereocenters. The molecule has 0 bridgehead atoms. The number of hydrogen-bond donors (Lipinski definition) is 2. The molecule has 0 aromatic rings. The van der Waals surface area contributed by atoms with Crippen LogP contribution in [0.3, 0.4) is 0 Å². The standard InChI is InChI=1S/C12H22N2O/c1-3-9-4-5-10(8(9)2)14-11(15)12(13)6-7-12/h8-10H,3-7,13H2,1-2H3,(H,14,15). The van der Waals surface area contributed by atoms with Crippen molar-refractivity contribution in [1.82, 2.24) is 5.32 Å². The van der Waals surface area contributed by atoms with Crippen LogP contribution in [0, 0.1) is 11.8 Å². The Hall–Kier alpha value is -0.570. The van der Waals surface area contributed by atoms with Crippen LogP contribution < -0.4 is 11.1 Å². The third kappa shape index (κ3) is 2.03. The summed E-state index contributed by atoms with van der Waals surface area (Å²) in [5.74, 6) is 1.47. The molecule has 3 N–H and O–H groups in total. The lowest BCUT2D eigenvalue weighted by Crippen LogP contribution is -2.48. The van der Waals surface area contributed by atoms with Crippen LogP contribution in [0.15, 0.2) is 0 Å². The quantitative estimate of drug-likeness (QED) is 0.740. The fourth-order valence-corrected chi connectivity index (χ4v) is 2.70. The van der Waals surface area contributed by atoms with Gasteiger partial charge in [0.2, 0.25) is 5.91 Å². The summed E-state index contributed by atoms with van der Waals surface area (Å²) >= 11 is 0. The van der Waals surface area contributed by atoms with Crippen molar-refractivity contribution in [3.8, 4) is 0 Å². The minimum absolute atomic E-state index is 0.0797. The van der Waals surface area contributed by atoms with Gasteiger partial charge >= 0.3 is 0 Å². The second kappa shape index (κ2) is 3.78. The van der Waals surface area contributed by atoms with Crippen LogP contribution in [0.1, 0.15) is 46.0 Å². The Balaban J connectivity index is 1.88. The molecule has 0 aromatic carbocycles. The zero-order valence-electron chi connectivity index (χ0n) is 9.75. The first-order valence-electron chi connectivity index (χ1n) is 6.16. The maximum absolute atomic E-state index is 11.8. The van der Waals surface area contributed by atoms with Crippen molar-refractivity contribution in [2.45, 2.75) is 57.5 Å². The number of carbonyl (C=O) groups excluding carboxylic acids is 1. The van der Waals surface area contributed by atoms with Gasteiger partial charge in [-0.05, 0) is 37.5 Å². The molecule has 2 saturated carbocycles. The maximum Gasteiger partial charge on any atom is 0.240 e. The van der Waals surface area contributed by atoms with Crippen LogP contribution in [0.5, 0.6) is 0 Å². The molecule has 1 amide bonds. The summed E-state index contributed by atoms with van der Waals surface area (Å²) in [5.41, 5.74) is 5.36. The Kier molecular flexibility index (Phi) is 2.75. The SMILES string of the molecule is CCC1CCC(NC(=O)C2(N)CC2)C1C. The number of hydrogen-bond acceptors (Lipinski definition) is 2. The first-order valence-corrected chi connectivity index (χ1v) is 6.16. The smallest absolute Gasteiger partial charge is 0.240 e. The number of nitrogens with two attached hydrogens (primary N) is 1. The summed E-state index contributed by atoms with van der Waals surface area (Å²) in [6.45, 7) is 4.49. The van der Waals surface area contributed by atoms with E-state index in [9.17, 15) is 4.79 Å². The summed E-state index contributed by atoms with van der Waals surface area (Å²) in [6.07, 6.45) is 5.32. The number of amides is 1. The van der Waals surface area contributed by atoms with E-state index in [2.05, 4.69) is 19.2 Å². The fraction of sp³-hybridized carbons (Fsp3) is 0.917. The average molecular weight is 210 g/mol. The van der Waals surface area contributed by atoms with E-state index in [0.29, 0.717) is 12.0 Å². The van der Waals surface area contributed by atoms with Gasteiger partial charge in [-0.2, -0.15) is 0 Å². The molecule has 15 heavy (non-hydrogen) atoms. The highest BCUT2D eigenvalue weighted by Crippen LogP contribution is 2.36. The highest BCUT2D eigenvalue weighted by molar-refractivity contribution is 5.89. The van der Waals surface area contributed by atoms with Crippen molar-refractivity contribution in [2.24, 2.45) is 17.6 Å². The third-order valence-electron chi connectivity index (χ3n) is 4.31. The molecule has 3 nitrogen and oxygen atoms in total. The highest BCUT2D eigenvalue weighted by Gasteiger charge is 2.47. The molecule has 3 unspecified atom stereocenters. The van der Waals surface area contributed by atoms with Gasteiger partial charge in [0.05, 0.1) is 5.54 Å². The van der Waals surface area contributed by atoms with Crippen LogP contribution in [-0.4, -0.2) is 17.5 Å². The summed E-state index contributed by atoms with van der Waals surface area (Å²) in [5, 5.41) is 3.13. The van der Waals surface area contributed by atoms with Crippen molar-refractivity contribution in [3.05, 3.63) is 0 Å². The number of rotatable bonds is 3. The molecule has 0 aromatic heterocycles. The van der Waals surface area contributed by atoms with Crippen molar-refractivity contribution in [3.63, 3.8) is 0 Å². The second-order valence-corrected chi connectivity index (χ2v) is 5.34. The molecule has 2 fully saturated rings. The zero-order chi connectivity index (χ0) is 11.1. The van der Waals surface area contributed by atoms with Gasteiger partial charge in [0, 0.05) is 6.04 Å². The van der Waals surface area contributed by atoms with Gasteiger partial charge in [-0.1, -0.05) is 20.3 Å². The predicted molar refractivity (Wildman–Crippen MR) is 60.3 cm³/mol. The summed E-state index contributed by atoms with van der Waals surface area (Å²) < 4.78 is 0. The molecule has 2 aliphatic rings. The molecular weight excluding hydrogens is 188 g/mol. The van der Waals surface area contributed by atoms with Crippen LogP contribution in [0.2, 0.25) is 0 Å². The number of nitrogens with one attached hydrogen (secondary N) is 1. The van der Waals surface area contributed by atoms with Crippen LogP contribution in [0.4, 0.5) is 0 Å². The molecule has 0 aliphatic heterocycles. The maximum atomic E-state index is 11.8. The van der Waals surface area contributed by atoms with Crippen LogP contribution in [0.25, 0.3) is 0 Å². The van der Waals surface area contributed by atoms with Gasteiger partial charge in [-0.3, -0.25) is 4.79 Å². The minimum atomic E-state index is -0.510. The summed E-state index contributed by atoms with van der Waals surface area (Å²) in [4.78, 5) is 11.8. The van der Waals surface area contributed by atoms with E-state index in [-0.39, 0.29) is 5.91 Å². The van der Waals surface area contributed by atoms with Gasteiger partial charge in [0.25, 0.3) is 0 Å². The van der Waals surface area contributed by atoms with Crippen molar-refractivity contribution < 1.29 is 4.79 Å². The molecule has 0 heterocycles. The van der Waals surface area contributed by atoms with E-state index in [1.54, 1.807) is 0 Å². The Bertz CT molecular complexity index is 260. The third-order valence-corrected chi connectivity index (χ3v) is 4.31. The minimum Gasteiger partial charge on any atom is -0.351 e. The Morgan fingerprint density at radius 2 is 2.13 bits per heavy atom. The van der Waals surface area contributed by atoms with Gasteiger partial charge in [-0.15, -0.1) is 0 Å². The molecule has 3 heteroatoms. The fourth-order valence-electron chi connectivity index (χ4n) is 2.70. The van der Waals surface area contributed by atoms with Gasteiger partial charge in [-0.25, -0.2) is 0 Å². The largest absolute Gasteiger partial charge is 0.351 e. The van der Waals surface area contributed by atoms with E-state index in [0.717, 1.165) is 25.2 Å². The van der Waals surface area contributed by atoms with Crippen molar-refractivity contribution in [1.29, 1.82) is 0 Å². The van der Waals surface area contributed by atoms with Gasteiger partial charge < -0.3 is 11.1 Å². The summed E-state index contributed by atoms with van der Waals surface area (Å²) in [6, 6.07) is 0.364. The first kappa shape index (κ1) is 10.9. The van der Waals surface area contributed by atoms with Crippen LogP contribution >= 0.6 is 0 Å². The van der Waals surface area contributed by atoms with Gasteiger partial charge in [0.15, 0.2) is 0 Å². The predicted octanol–water partition coefficient (Wildman–Crippen LogP) is 1.42. The van der Waals surface area contributed by atoms with Gasteiger partial charge in [0.1, 0.15) is 0 Å². The Morgan fingerprint density at radius 1 is 1.47 bits per heavy atom. The summed E-state index contributed by atoms with van der Waals surface area (Å²) in [7, 11) is 0. The first-order chi connectivity index (χ1) is 7.07. The normalized spacial score (nSPS) is 37.7. The molecule has 0 radical (unpaired) electrons. The molecule has 86 valence electrons. The highest BCUT2D eigenvalue weighted by atomic mass is 16.2. The second-order valence-electron chi connectivity index (χ2n) is 5.34. The van der Waals surface area contributed by atoms with E-state index in [4.69, 9.17) is 5.73 Å². The molecular formula is C12H22N2O. The Labute approximate surface area is 91.8 Å². The molecule has 2 aliphatic carbocycles. The molecule has 0 saturated heterocycles. The Morgan fingerprint density at radius 3 is 2.60 bits per heavy atom. The van der Waals surface area contributed by atoms with Crippen molar-refractivity contribution in [2.75, 3.05) is 0 Å². The van der Waals surface area contributed by atoms with Crippen LogP contribution in [-0.2, 0) is 4.79 Å². The van der Waals surface area contributed by atoms with E-state index in [1.165, 1.54) is 12.8 Å². The zero-order valence-corrected chi connectivity index (χ0v) is 9.75. The molecule has 2 rings (SSSR count). The number of carbonyl (C=O) groups is 1. The van der Waals surface area contributed by atoms with E-state index >= 15 is 0 Å². The lowest BCUT2D eigenvalue weighted by molar-refractivity contribution is -0.124. The monoisotopic (exact) mass is 210 g/mol. The topological polar surface area (TPSA) is 55.1 Å². The lowest BCUT2D eigenvalue weighted by Gasteiger charge is -2.22. The average Bonchev–Trinajstić information content (AvgIpc) is 2.87. The van der Waals surface area contributed by atoms with Crippen molar-refractivity contribution >= 4 is 5.91 Å². The lowest BCUT2D eigenvalue weighted by atomic mass is 9.93. The van der Waals surface area contributed by atoms with E-state index in [1.807, 2.05) is 0 Å².